The van der Waals surface area contributed by atoms with Crippen LogP contribution in [0.25, 0.3) is 11.3 Å². The Morgan fingerprint density at radius 2 is 1.62 bits per heavy atom. The number of piperidine rings is 1. The van der Waals surface area contributed by atoms with Crippen LogP contribution in [0, 0.1) is 11.8 Å². The molecule has 24 heavy (non-hydrogen) atoms. The van der Waals surface area contributed by atoms with Gasteiger partial charge in [0.15, 0.2) is 0 Å². The van der Waals surface area contributed by atoms with Crippen molar-refractivity contribution in [3.8, 4) is 11.3 Å². The van der Waals surface area contributed by atoms with Crippen LogP contribution in [0.4, 0.5) is 0 Å². The summed E-state index contributed by atoms with van der Waals surface area (Å²) in [5, 5.41) is 4.85. The average molecular weight is 324 g/mol. The van der Waals surface area contributed by atoms with E-state index in [1.807, 2.05) is 0 Å². The van der Waals surface area contributed by atoms with Crippen molar-refractivity contribution in [2.24, 2.45) is 11.8 Å². The molecule has 1 aliphatic heterocycles. The second-order valence-electron chi connectivity index (χ2n) is 7.57. The van der Waals surface area contributed by atoms with Crippen molar-refractivity contribution in [3.05, 3.63) is 42.6 Å². The van der Waals surface area contributed by atoms with Crippen LogP contribution in [0.2, 0.25) is 0 Å². The minimum absolute atomic E-state index is 0.475. The zero-order valence-corrected chi connectivity index (χ0v) is 14.5. The number of hydrogen-bond donors (Lipinski definition) is 0. The molecule has 1 aliphatic carbocycles. The summed E-state index contributed by atoms with van der Waals surface area (Å²) in [7, 11) is 0.475. The van der Waals surface area contributed by atoms with Crippen LogP contribution >= 0.6 is 0 Å². The van der Waals surface area contributed by atoms with Crippen molar-refractivity contribution in [2.45, 2.75) is 44.6 Å². The van der Waals surface area contributed by atoms with E-state index in [1.54, 1.807) is 0 Å². The van der Waals surface area contributed by atoms with Gasteiger partial charge in [-0.15, -0.1) is 0 Å². The largest absolute Gasteiger partial charge is 0.306 e. The van der Waals surface area contributed by atoms with Crippen molar-refractivity contribution in [2.75, 3.05) is 20.1 Å². The molecule has 2 aromatic rings. The molecule has 0 radical (unpaired) electrons. The van der Waals surface area contributed by atoms with Crippen LogP contribution in [0.15, 0.2) is 42.6 Å². The first-order valence-electron chi connectivity index (χ1n) is 10.2. The molecular weight excluding hydrogens is 294 g/mol. The molecule has 1 aromatic heterocycles. The molecule has 128 valence electrons. The van der Waals surface area contributed by atoms with Crippen molar-refractivity contribution >= 4 is 0 Å². The molecule has 0 spiro atoms. The summed E-state index contributed by atoms with van der Waals surface area (Å²) in [4.78, 5) is 2.27. The number of aromatic nitrogens is 2. The van der Waals surface area contributed by atoms with Gasteiger partial charge in [-0.05, 0) is 76.5 Å². The molecule has 2 heterocycles. The van der Waals surface area contributed by atoms with Crippen LogP contribution in [-0.4, -0.2) is 34.8 Å². The lowest BCUT2D eigenvalue weighted by Crippen LogP contribution is -2.34. The summed E-state index contributed by atoms with van der Waals surface area (Å²) >= 11 is 0. The Kier molecular flexibility index (Phi) is 4.35. The SMILES string of the molecule is [2H]CN1CCC(C2CCC(n3ccc(-c4ccccc4)n3)CC2)CC1. The van der Waals surface area contributed by atoms with Gasteiger partial charge in [0.25, 0.3) is 0 Å². The second kappa shape index (κ2) is 7.10. The van der Waals surface area contributed by atoms with Crippen LogP contribution in [-0.2, 0) is 0 Å². The summed E-state index contributed by atoms with van der Waals surface area (Å²) in [6.45, 7) is 2.27. The van der Waals surface area contributed by atoms with E-state index < -0.39 is 0 Å². The summed E-state index contributed by atoms with van der Waals surface area (Å²) in [5.41, 5.74) is 2.29. The number of rotatable bonds is 3. The predicted molar refractivity (Wildman–Crippen MR) is 98.9 cm³/mol. The maximum absolute atomic E-state index is 7.51. The molecule has 1 aromatic carbocycles. The van der Waals surface area contributed by atoms with Gasteiger partial charge in [0, 0.05) is 13.1 Å². The van der Waals surface area contributed by atoms with E-state index in [4.69, 9.17) is 6.47 Å². The highest BCUT2D eigenvalue weighted by atomic mass is 15.3. The van der Waals surface area contributed by atoms with E-state index in [0.717, 1.165) is 30.6 Å². The Balaban J connectivity index is 1.33. The van der Waals surface area contributed by atoms with Crippen LogP contribution in [0.5, 0.6) is 0 Å². The Hall–Kier alpha value is -1.61. The second-order valence-corrected chi connectivity index (χ2v) is 7.57. The van der Waals surface area contributed by atoms with Gasteiger partial charge in [-0.3, -0.25) is 4.68 Å². The Morgan fingerprint density at radius 3 is 2.33 bits per heavy atom. The molecular formula is C21H29N3. The maximum Gasteiger partial charge on any atom is 0.0923 e. The van der Waals surface area contributed by atoms with Gasteiger partial charge in [0.05, 0.1) is 11.7 Å². The van der Waals surface area contributed by atoms with Crippen molar-refractivity contribution in [1.82, 2.24) is 14.7 Å². The molecule has 1 saturated heterocycles. The molecule has 0 atom stereocenters. The number of benzene rings is 1. The third-order valence-electron chi connectivity index (χ3n) is 6.09. The first-order valence-corrected chi connectivity index (χ1v) is 9.45. The fourth-order valence-electron chi connectivity index (χ4n) is 4.57. The normalized spacial score (nSPS) is 27.1. The Morgan fingerprint density at radius 1 is 0.917 bits per heavy atom. The van der Waals surface area contributed by atoms with Crippen molar-refractivity contribution in [3.63, 3.8) is 0 Å². The zero-order chi connectivity index (χ0) is 17.1. The molecule has 0 unspecified atom stereocenters. The fraction of sp³-hybridized carbons (Fsp3) is 0.571. The monoisotopic (exact) mass is 324 g/mol. The molecule has 3 heteroatoms. The van der Waals surface area contributed by atoms with E-state index in [-0.39, 0.29) is 0 Å². The molecule has 2 aliphatic rings. The van der Waals surface area contributed by atoms with E-state index in [1.165, 1.54) is 44.1 Å². The third-order valence-corrected chi connectivity index (χ3v) is 6.09. The highest BCUT2D eigenvalue weighted by Crippen LogP contribution is 2.39. The van der Waals surface area contributed by atoms with Gasteiger partial charge in [-0.2, -0.15) is 5.10 Å². The minimum atomic E-state index is 0.475. The summed E-state index contributed by atoms with van der Waals surface area (Å²) < 4.78 is 9.72. The smallest absolute Gasteiger partial charge is 0.0923 e. The summed E-state index contributed by atoms with van der Waals surface area (Å²) in [6.07, 6.45) is 9.98. The Bertz CT molecular complexity index is 653. The lowest BCUT2D eigenvalue weighted by molar-refractivity contribution is 0.128. The lowest BCUT2D eigenvalue weighted by Gasteiger charge is -2.38. The van der Waals surface area contributed by atoms with E-state index in [0.29, 0.717) is 13.1 Å². The minimum Gasteiger partial charge on any atom is -0.306 e. The van der Waals surface area contributed by atoms with Crippen LogP contribution in [0.3, 0.4) is 0 Å². The molecule has 2 fully saturated rings. The molecule has 1 saturated carbocycles. The Labute approximate surface area is 147 Å². The fourth-order valence-corrected chi connectivity index (χ4v) is 4.57. The first kappa shape index (κ1) is 14.7. The topological polar surface area (TPSA) is 21.1 Å². The van der Waals surface area contributed by atoms with E-state index >= 15 is 0 Å². The van der Waals surface area contributed by atoms with Crippen LogP contribution in [0.1, 0.15) is 45.9 Å². The van der Waals surface area contributed by atoms with Crippen molar-refractivity contribution in [1.29, 1.82) is 0 Å². The van der Waals surface area contributed by atoms with Gasteiger partial charge < -0.3 is 4.90 Å². The van der Waals surface area contributed by atoms with Crippen molar-refractivity contribution < 1.29 is 1.37 Å². The molecule has 0 amide bonds. The van der Waals surface area contributed by atoms with E-state index in [2.05, 4.69) is 52.2 Å². The standard InChI is InChI=1S/C21H29N3/c1-23-14-11-18(12-15-23)17-7-9-20(10-8-17)24-16-13-21(22-24)19-5-3-2-4-6-19/h2-6,13,16-18,20H,7-12,14-15H2,1H3/i1D. The number of nitrogens with zero attached hydrogens (tertiary/aromatic N) is 3. The van der Waals surface area contributed by atoms with Gasteiger partial charge >= 0.3 is 0 Å². The van der Waals surface area contributed by atoms with E-state index in [9.17, 15) is 0 Å². The highest BCUT2D eigenvalue weighted by molar-refractivity contribution is 5.58. The molecule has 3 nitrogen and oxygen atoms in total. The van der Waals surface area contributed by atoms with Gasteiger partial charge in [-0.1, -0.05) is 30.3 Å². The molecule has 0 N–H and O–H groups in total. The lowest BCUT2D eigenvalue weighted by atomic mass is 9.74. The maximum atomic E-state index is 7.51. The quantitative estimate of drug-likeness (QED) is 0.821. The molecule has 0 bridgehead atoms. The zero-order valence-electron chi connectivity index (χ0n) is 15.5. The van der Waals surface area contributed by atoms with Crippen LogP contribution < -0.4 is 0 Å². The number of likely N-dealkylation sites (tertiary alicyclic amines) is 1. The third kappa shape index (κ3) is 3.41. The average Bonchev–Trinajstić information content (AvgIpc) is 3.19. The summed E-state index contributed by atoms with van der Waals surface area (Å²) in [5.74, 6) is 1.79. The predicted octanol–water partition coefficient (Wildman–Crippen LogP) is 4.62. The highest BCUT2D eigenvalue weighted by Gasteiger charge is 2.30. The number of hydrogen-bond acceptors (Lipinski definition) is 2. The van der Waals surface area contributed by atoms with Gasteiger partial charge in [0.1, 0.15) is 0 Å². The van der Waals surface area contributed by atoms with Gasteiger partial charge in [-0.25, -0.2) is 0 Å². The molecule has 4 rings (SSSR count). The van der Waals surface area contributed by atoms with Gasteiger partial charge in [0.2, 0.25) is 0 Å². The summed E-state index contributed by atoms with van der Waals surface area (Å²) in [6, 6.07) is 13.2. The first-order chi connectivity index (χ1) is 12.3.